The first-order chi connectivity index (χ1) is 14.7. The molecule has 1 aliphatic carbocycles. The molecule has 6 rings (SSSR count). The largest absolute Gasteiger partial charge is 0.454 e. The number of fused-ring (bicyclic) bond motifs is 6. The molecule has 0 saturated carbocycles. The third-order valence-corrected chi connectivity index (χ3v) is 6.76. The van der Waals surface area contributed by atoms with E-state index < -0.39 is 0 Å². The normalized spacial score (nSPS) is 23.0. The number of benzene rings is 3. The van der Waals surface area contributed by atoms with Crippen LogP contribution in [0.25, 0.3) is 0 Å². The quantitative estimate of drug-likeness (QED) is 0.437. The molecule has 5 heteroatoms. The molecule has 0 spiro atoms. The molecule has 150 valence electrons. The monoisotopic (exact) mass is 397 g/mol. The molecule has 30 heavy (non-hydrogen) atoms. The lowest BCUT2D eigenvalue weighted by Gasteiger charge is -2.45. The van der Waals surface area contributed by atoms with Crippen molar-refractivity contribution in [3.63, 3.8) is 0 Å². The van der Waals surface area contributed by atoms with E-state index in [4.69, 9.17) is 20.6 Å². The Morgan fingerprint density at radius 1 is 0.967 bits per heavy atom. The Kier molecular flexibility index (Phi) is 3.78. The van der Waals surface area contributed by atoms with Crippen LogP contribution in [0.2, 0.25) is 0 Å². The SMILES string of the molecule is N=C(N)c1ccc2c(c1)C1c3ccccc3CCC1C(c1cccc3c1OCO3)N2. The van der Waals surface area contributed by atoms with Gasteiger partial charge in [0.15, 0.2) is 11.5 Å². The Bertz CT molecular complexity index is 1170. The Balaban J connectivity index is 1.55. The highest BCUT2D eigenvalue weighted by molar-refractivity contribution is 5.95. The van der Waals surface area contributed by atoms with Crippen molar-refractivity contribution < 1.29 is 9.47 Å². The first kappa shape index (κ1) is 17.4. The first-order valence-electron chi connectivity index (χ1n) is 10.4. The molecular weight excluding hydrogens is 374 g/mol. The van der Waals surface area contributed by atoms with E-state index in [1.54, 1.807) is 0 Å². The van der Waals surface area contributed by atoms with Gasteiger partial charge in [0, 0.05) is 22.7 Å². The Morgan fingerprint density at radius 3 is 2.73 bits per heavy atom. The number of nitrogens with two attached hydrogens (primary N) is 1. The van der Waals surface area contributed by atoms with Crippen molar-refractivity contribution in [1.29, 1.82) is 5.41 Å². The third kappa shape index (κ3) is 2.51. The molecule has 3 unspecified atom stereocenters. The molecule has 0 aromatic heterocycles. The molecule has 0 amide bonds. The van der Waals surface area contributed by atoms with Crippen LogP contribution in [0.4, 0.5) is 5.69 Å². The van der Waals surface area contributed by atoms with E-state index in [2.05, 4.69) is 47.8 Å². The fourth-order valence-electron chi connectivity index (χ4n) is 5.44. The molecule has 0 saturated heterocycles. The van der Waals surface area contributed by atoms with E-state index in [9.17, 15) is 0 Å². The lowest BCUT2D eigenvalue weighted by atomic mass is 9.65. The highest BCUT2D eigenvalue weighted by Gasteiger charge is 2.42. The number of para-hydroxylation sites is 1. The number of anilines is 1. The van der Waals surface area contributed by atoms with E-state index in [-0.39, 0.29) is 24.6 Å². The molecule has 0 bridgehead atoms. The Hall–Kier alpha value is -3.47. The second-order valence-corrected chi connectivity index (χ2v) is 8.30. The van der Waals surface area contributed by atoms with Crippen LogP contribution < -0.4 is 20.5 Å². The molecule has 5 nitrogen and oxygen atoms in total. The number of amidine groups is 1. The summed E-state index contributed by atoms with van der Waals surface area (Å²) >= 11 is 0. The number of ether oxygens (including phenoxy) is 2. The smallest absolute Gasteiger partial charge is 0.231 e. The predicted octanol–water partition coefficient (Wildman–Crippen LogP) is 4.56. The minimum atomic E-state index is 0.104. The van der Waals surface area contributed by atoms with Crippen LogP contribution in [-0.2, 0) is 6.42 Å². The molecule has 2 aliphatic heterocycles. The molecule has 3 atom stereocenters. The highest BCUT2D eigenvalue weighted by atomic mass is 16.7. The van der Waals surface area contributed by atoms with Gasteiger partial charge in [0.2, 0.25) is 6.79 Å². The van der Waals surface area contributed by atoms with Gasteiger partial charge in [-0.1, -0.05) is 36.4 Å². The molecule has 4 N–H and O–H groups in total. The summed E-state index contributed by atoms with van der Waals surface area (Å²) in [7, 11) is 0. The molecular formula is C25H23N3O2. The number of nitrogen functional groups attached to an aromatic ring is 1. The number of aryl methyl sites for hydroxylation is 1. The van der Waals surface area contributed by atoms with Gasteiger partial charge in [-0.15, -0.1) is 0 Å². The van der Waals surface area contributed by atoms with Crippen LogP contribution in [0.15, 0.2) is 60.7 Å². The van der Waals surface area contributed by atoms with Gasteiger partial charge >= 0.3 is 0 Å². The third-order valence-electron chi connectivity index (χ3n) is 6.76. The minimum absolute atomic E-state index is 0.104. The summed E-state index contributed by atoms with van der Waals surface area (Å²) in [5, 5.41) is 11.7. The van der Waals surface area contributed by atoms with Gasteiger partial charge in [0.1, 0.15) is 5.84 Å². The second kappa shape index (κ2) is 6.52. The van der Waals surface area contributed by atoms with Gasteiger partial charge in [0.25, 0.3) is 0 Å². The summed E-state index contributed by atoms with van der Waals surface area (Å²) in [6.07, 6.45) is 2.14. The predicted molar refractivity (Wildman–Crippen MR) is 116 cm³/mol. The van der Waals surface area contributed by atoms with Gasteiger partial charge in [-0.3, -0.25) is 5.41 Å². The Labute approximate surface area is 175 Å². The van der Waals surface area contributed by atoms with E-state index in [0.29, 0.717) is 5.92 Å². The standard InChI is InChI=1S/C25H23N3O2/c26-25(27)15-9-11-20-19(12-15)22-16-5-2-1-4-14(16)8-10-17(22)23(28-20)18-6-3-7-21-24(18)30-13-29-21/h1-7,9,11-12,17,22-23,28H,8,10,13H2,(H3,26,27). The van der Waals surface area contributed by atoms with Gasteiger partial charge in [-0.05, 0) is 59.7 Å². The lowest BCUT2D eigenvalue weighted by Crippen LogP contribution is -2.35. The fourth-order valence-corrected chi connectivity index (χ4v) is 5.44. The van der Waals surface area contributed by atoms with Crippen molar-refractivity contribution >= 4 is 11.5 Å². The van der Waals surface area contributed by atoms with Gasteiger partial charge < -0.3 is 20.5 Å². The maximum atomic E-state index is 7.91. The van der Waals surface area contributed by atoms with Crippen molar-refractivity contribution in [2.75, 3.05) is 12.1 Å². The van der Waals surface area contributed by atoms with Crippen molar-refractivity contribution in [3.8, 4) is 11.5 Å². The van der Waals surface area contributed by atoms with Crippen molar-refractivity contribution in [2.24, 2.45) is 11.7 Å². The molecule has 0 radical (unpaired) electrons. The average molecular weight is 397 g/mol. The summed E-state index contributed by atoms with van der Waals surface area (Å²) in [4.78, 5) is 0. The zero-order valence-corrected chi connectivity index (χ0v) is 16.5. The number of nitrogens with one attached hydrogen (secondary N) is 2. The van der Waals surface area contributed by atoms with Crippen LogP contribution in [0.1, 0.15) is 46.2 Å². The molecule has 2 heterocycles. The first-order valence-corrected chi connectivity index (χ1v) is 10.4. The summed E-state index contributed by atoms with van der Waals surface area (Å²) < 4.78 is 11.5. The fraction of sp³-hybridized carbons (Fsp3) is 0.240. The van der Waals surface area contributed by atoms with Crippen LogP contribution in [0.5, 0.6) is 11.5 Å². The summed E-state index contributed by atoms with van der Waals surface area (Å²) in [5.41, 5.74) is 12.9. The molecule has 3 aliphatic rings. The van der Waals surface area contributed by atoms with Crippen molar-refractivity contribution in [3.05, 3.63) is 88.5 Å². The highest BCUT2D eigenvalue weighted by Crippen LogP contribution is 2.55. The molecule has 3 aromatic carbocycles. The van der Waals surface area contributed by atoms with Crippen LogP contribution in [-0.4, -0.2) is 12.6 Å². The van der Waals surface area contributed by atoms with E-state index in [1.807, 2.05) is 18.2 Å². The van der Waals surface area contributed by atoms with Gasteiger partial charge in [-0.25, -0.2) is 0 Å². The van der Waals surface area contributed by atoms with Crippen molar-refractivity contribution in [1.82, 2.24) is 0 Å². The van der Waals surface area contributed by atoms with E-state index in [0.717, 1.165) is 41.2 Å². The topological polar surface area (TPSA) is 80.4 Å². The molecule has 0 fully saturated rings. The summed E-state index contributed by atoms with van der Waals surface area (Å²) in [5.74, 6) is 2.39. The number of hydrogen-bond acceptors (Lipinski definition) is 4. The average Bonchev–Trinajstić information content (AvgIpc) is 3.27. The van der Waals surface area contributed by atoms with Crippen molar-refractivity contribution in [2.45, 2.75) is 24.8 Å². The van der Waals surface area contributed by atoms with Crippen LogP contribution in [0.3, 0.4) is 0 Å². The zero-order chi connectivity index (χ0) is 20.2. The van der Waals surface area contributed by atoms with E-state index >= 15 is 0 Å². The van der Waals surface area contributed by atoms with Gasteiger partial charge in [0.05, 0.1) is 6.04 Å². The van der Waals surface area contributed by atoms with E-state index in [1.165, 1.54) is 16.7 Å². The lowest BCUT2D eigenvalue weighted by molar-refractivity contribution is 0.172. The maximum absolute atomic E-state index is 7.91. The summed E-state index contributed by atoms with van der Waals surface area (Å²) in [6, 6.07) is 21.1. The molecule has 3 aromatic rings. The minimum Gasteiger partial charge on any atom is -0.454 e. The van der Waals surface area contributed by atoms with Gasteiger partial charge in [-0.2, -0.15) is 0 Å². The Morgan fingerprint density at radius 2 is 1.83 bits per heavy atom. The number of rotatable bonds is 2. The maximum Gasteiger partial charge on any atom is 0.231 e. The second-order valence-electron chi connectivity index (χ2n) is 8.30. The zero-order valence-electron chi connectivity index (χ0n) is 16.5. The van der Waals surface area contributed by atoms with Crippen LogP contribution in [0, 0.1) is 11.3 Å². The number of hydrogen-bond donors (Lipinski definition) is 3. The summed E-state index contributed by atoms with van der Waals surface area (Å²) in [6.45, 7) is 0.272. The van der Waals surface area contributed by atoms with Crippen LogP contribution >= 0.6 is 0 Å².